The van der Waals surface area contributed by atoms with Gasteiger partial charge in [-0.1, -0.05) is 42.5 Å². The van der Waals surface area contributed by atoms with E-state index in [9.17, 15) is 4.79 Å². The second-order valence-electron chi connectivity index (χ2n) is 6.69. The minimum absolute atomic E-state index is 0.101. The SMILES string of the molecule is CN1CCc2nc(NC(=O)c3ccc(Cc4ccccc4)cc3)sc2C1. The van der Waals surface area contributed by atoms with Gasteiger partial charge in [-0.15, -0.1) is 11.3 Å². The molecule has 132 valence electrons. The summed E-state index contributed by atoms with van der Waals surface area (Å²) in [6, 6.07) is 18.1. The van der Waals surface area contributed by atoms with Crippen LogP contribution in [0.15, 0.2) is 54.6 Å². The second-order valence-corrected chi connectivity index (χ2v) is 7.77. The van der Waals surface area contributed by atoms with E-state index in [0.29, 0.717) is 10.7 Å². The van der Waals surface area contributed by atoms with Crippen LogP contribution in [0, 0.1) is 0 Å². The fourth-order valence-electron chi connectivity index (χ4n) is 3.15. The van der Waals surface area contributed by atoms with Gasteiger partial charge in [-0.25, -0.2) is 4.98 Å². The van der Waals surface area contributed by atoms with Crippen molar-refractivity contribution in [2.24, 2.45) is 0 Å². The van der Waals surface area contributed by atoms with Gasteiger partial charge in [0.05, 0.1) is 5.69 Å². The largest absolute Gasteiger partial charge is 0.301 e. The van der Waals surface area contributed by atoms with Crippen LogP contribution in [0.2, 0.25) is 0 Å². The lowest BCUT2D eigenvalue weighted by atomic mass is 10.0. The van der Waals surface area contributed by atoms with Gasteiger partial charge in [0.2, 0.25) is 0 Å². The highest BCUT2D eigenvalue weighted by Crippen LogP contribution is 2.28. The molecule has 0 atom stereocenters. The third-order valence-corrected chi connectivity index (χ3v) is 5.61. The number of hydrogen-bond acceptors (Lipinski definition) is 4. The first-order chi connectivity index (χ1) is 12.7. The number of carbonyl (C=O) groups is 1. The maximum atomic E-state index is 12.5. The number of amides is 1. The van der Waals surface area contributed by atoms with E-state index in [2.05, 4.69) is 34.4 Å². The zero-order valence-corrected chi connectivity index (χ0v) is 15.6. The predicted octanol–water partition coefficient (Wildman–Crippen LogP) is 3.97. The van der Waals surface area contributed by atoms with Crippen molar-refractivity contribution < 1.29 is 4.79 Å². The van der Waals surface area contributed by atoms with Gasteiger partial charge < -0.3 is 4.90 Å². The van der Waals surface area contributed by atoms with Crippen molar-refractivity contribution in [1.29, 1.82) is 0 Å². The minimum Gasteiger partial charge on any atom is -0.301 e. The van der Waals surface area contributed by atoms with Crippen LogP contribution < -0.4 is 5.32 Å². The second kappa shape index (κ2) is 7.40. The molecule has 2 aromatic carbocycles. The Kier molecular flexibility index (Phi) is 4.82. The van der Waals surface area contributed by atoms with Gasteiger partial charge in [0.1, 0.15) is 0 Å². The lowest BCUT2D eigenvalue weighted by Crippen LogP contribution is -2.25. The molecule has 1 aliphatic heterocycles. The minimum atomic E-state index is -0.101. The van der Waals surface area contributed by atoms with Crippen LogP contribution in [0.3, 0.4) is 0 Å². The molecular formula is C21H21N3OS. The third kappa shape index (κ3) is 3.84. The summed E-state index contributed by atoms with van der Waals surface area (Å²) in [5.74, 6) is -0.101. The zero-order chi connectivity index (χ0) is 17.9. The van der Waals surface area contributed by atoms with Gasteiger partial charge in [-0.3, -0.25) is 10.1 Å². The summed E-state index contributed by atoms with van der Waals surface area (Å²) in [6.45, 7) is 1.93. The molecule has 1 amide bonds. The van der Waals surface area contributed by atoms with Crippen molar-refractivity contribution in [2.45, 2.75) is 19.4 Å². The van der Waals surface area contributed by atoms with Gasteiger partial charge in [0.25, 0.3) is 5.91 Å². The van der Waals surface area contributed by atoms with E-state index in [1.807, 2.05) is 42.5 Å². The van der Waals surface area contributed by atoms with Crippen molar-refractivity contribution >= 4 is 22.4 Å². The summed E-state index contributed by atoms with van der Waals surface area (Å²) in [5.41, 5.74) is 4.25. The molecule has 1 aliphatic rings. The highest BCUT2D eigenvalue weighted by atomic mass is 32.1. The smallest absolute Gasteiger partial charge is 0.257 e. The van der Waals surface area contributed by atoms with E-state index in [1.54, 1.807) is 11.3 Å². The first-order valence-corrected chi connectivity index (χ1v) is 9.60. The normalized spacial score (nSPS) is 14.0. The van der Waals surface area contributed by atoms with Crippen LogP contribution in [0.5, 0.6) is 0 Å². The van der Waals surface area contributed by atoms with Gasteiger partial charge in [-0.2, -0.15) is 0 Å². The number of aromatic nitrogens is 1. The van der Waals surface area contributed by atoms with E-state index < -0.39 is 0 Å². The first-order valence-electron chi connectivity index (χ1n) is 8.79. The number of nitrogens with zero attached hydrogens (tertiary/aromatic N) is 2. The molecule has 0 aliphatic carbocycles. The van der Waals surface area contributed by atoms with Crippen molar-refractivity contribution in [3.8, 4) is 0 Å². The number of rotatable bonds is 4. The molecule has 0 bridgehead atoms. The quantitative estimate of drug-likeness (QED) is 0.763. The maximum Gasteiger partial charge on any atom is 0.257 e. The first kappa shape index (κ1) is 16.9. The van der Waals surface area contributed by atoms with Crippen molar-refractivity contribution in [2.75, 3.05) is 18.9 Å². The van der Waals surface area contributed by atoms with Crippen molar-refractivity contribution in [3.63, 3.8) is 0 Å². The van der Waals surface area contributed by atoms with Gasteiger partial charge in [-0.05, 0) is 36.7 Å². The Morgan fingerprint density at radius 3 is 2.62 bits per heavy atom. The Bertz CT molecular complexity index is 903. The Hall–Kier alpha value is -2.50. The molecule has 0 unspecified atom stereocenters. The number of fused-ring (bicyclic) bond motifs is 1. The fourth-order valence-corrected chi connectivity index (χ4v) is 4.23. The van der Waals surface area contributed by atoms with Gasteiger partial charge >= 0.3 is 0 Å². The summed E-state index contributed by atoms with van der Waals surface area (Å²) in [7, 11) is 2.11. The number of thiazole rings is 1. The Labute approximate surface area is 157 Å². The summed E-state index contributed by atoms with van der Waals surface area (Å²) >= 11 is 1.58. The predicted molar refractivity (Wildman–Crippen MR) is 106 cm³/mol. The lowest BCUT2D eigenvalue weighted by molar-refractivity contribution is 0.102. The molecule has 2 heterocycles. The monoisotopic (exact) mass is 363 g/mol. The third-order valence-electron chi connectivity index (χ3n) is 4.61. The summed E-state index contributed by atoms with van der Waals surface area (Å²) in [5, 5.41) is 3.65. The zero-order valence-electron chi connectivity index (χ0n) is 14.7. The molecule has 0 radical (unpaired) electrons. The molecule has 0 fully saturated rings. The number of anilines is 1. The summed E-state index contributed by atoms with van der Waals surface area (Å²) in [6.07, 6.45) is 1.82. The Balaban J connectivity index is 1.42. The molecule has 0 saturated carbocycles. The van der Waals surface area contributed by atoms with Crippen LogP contribution in [0.1, 0.15) is 32.1 Å². The summed E-state index contributed by atoms with van der Waals surface area (Å²) in [4.78, 5) is 20.6. The highest BCUT2D eigenvalue weighted by Gasteiger charge is 2.19. The van der Waals surface area contributed by atoms with Crippen LogP contribution >= 0.6 is 11.3 Å². The van der Waals surface area contributed by atoms with Crippen LogP contribution in [0.4, 0.5) is 5.13 Å². The molecular weight excluding hydrogens is 342 g/mol. The van der Waals surface area contributed by atoms with Crippen molar-refractivity contribution in [3.05, 3.63) is 81.9 Å². The van der Waals surface area contributed by atoms with E-state index in [1.165, 1.54) is 16.0 Å². The molecule has 5 heteroatoms. The standard InChI is InChI=1S/C21H21N3OS/c1-24-12-11-18-19(14-24)26-21(22-18)23-20(25)17-9-7-16(8-10-17)13-15-5-3-2-4-6-15/h2-10H,11-14H2,1H3,(H,22,23,25). The van der Waals surface area contributed by atoms with Crippen LogP contribution in [-0.4, -0.2) is 29.4 Å². The molecule has 0 spiro atoms. The molecule has 26 heavy (non-hydrogen) atoms. The molecule has 4 nitrogen and oxygen atoms in total. The fraction of sp³-hybridized carbons (Fsp3) is 0.238. The Morgan fingerprint density at radius 1 is 1.12 bits per heavy atom. The van der Waals surface area contributed by atoms with Gasteiger partial charge in [0.15, 0.2) is 5.13 Å². The van der Waals surface area contributed by atoms with E-state index >= 15 is 0 Å². The molecule has 4 rings (SSSR count). The maximum absolute atomic E-state index is 12.5. The van der Waals surface area contributed by atoms with E-state index in [4.69, 9.17) is 0 Å². The average Bonchev–Trinajstić information content (AvgIpc) is 3.04. The lowest BCUT2D eigenvalue weighted by Gasteiger charge is -2.20. The van der Waals surface area contributed by atoms with Crippen LogP contribution in [0.25, 0.3) is 0 Å². The average molecular weight is 363 g/mol. The molecule has 3 aromatic rings. The highest BCUT2D eigenvalue weighted by molar-refractivity contribution is 7.15. The number of nitrogens with one attached hydrogen (secondary N) is 1. The van der Waals surface area contributed by atoms with Crippen molar-refractivity contribution in [1.82, 2.24) is 9.88 Å². The summed E-state index contributed by atoms with van der Waals surface area (Å²) < 4.78 is 0. The number of carbonyl (C=O) groups excluding carboxylic acids is 1. The molecule has 1 aromatic heterocycles. The van der Waals surface area contributed by atoms with E-state index in [0.717, 1.165) is 31.6 Å². The van der Waals surface area contributed by atoms with E-state index in [-0.39, 0.29) is 5.91 Å². The molecule has 1 N–H and O–H groups in total. The number of benzene rings is 2. The van der Waals surface area contributed by atoms with Gasteiger partial charge in [0, 0.05) is 30.0 Å². The Morgan fingerprint density at radius 2 is 1.85 bits per heavy atom. The molecule has 0 saturated heterocycles. The number of likely N-dealkylation sites (N-methyl/N-ethyl adjacent to an activating group) is 1. The topological polar surface area (TPSA) is 45.2 Å². The number of hydrogen-bond donors (Lipinski definition) is 1. The van der Waals surface area contributed by atoms with Crippen LogP contribution in [-0.2, 0) is 19.4 Å².